The summed E-state index contributed by atoms with van der Waals surface area (Å²) in [5.74, 6) is 1.67. The minimum Gasteiger partial charge on any atom is -0.324 e. The van der Waals surface area contributed by atoms with Gasteiger partial charge in [0, 0.05) is 19.0 Å². The molecule has 0 bridgehead atoms. The van der Waals surface area contributed by atoms with Crippen molar-refractivity contribution in [2.75, 3.05) is 18.4 Å². The number of anilines is 1. The van der Waals surface area contributed by atoms with E-state index in [4.69, 9.17) is 5.26 Å². The van der Waals surface area contributed by atoms with Crippen LogP contribution in [0.2, 0.25) is 0 Å². The molecule has 3 rings (SSSR count). The summed E-state index contributed by atoms with van der Waals surface area (Å²) in [6.45, 7) is 4.82. The Kier molecular flexibility index (Phi) is 3.77. The third-order valence-electron chi connectivity index (χ3n) is 3.65. The molecule has 8 nitrogen and oxygen atoms in total. The summed E-state index contributed by atoms with van der Waals surface area (Å²) in [5, 5.41) is 19.4. The number of urea groups is 1. The van der Waals surface area contributed by atoms with E-state index in [9.17, 15) is 4.79 Å². The Balaban J connectivity index is 1.65. The summed E-state index contributed by atoms with van der Waals surface area (Å²) < 4.78 is 4.09. The third kappa shape index (κ3) is 2.65. The fourth-order valence-corrected chi connectivity index (χ4v) is 3.20. The molecule has 2 N–H and O–H groups in total. The maximum Gasteiger partial charge on any atom is 0.322 e. The minimum absolute atomic E-state index is 0.148. The van der Waals surface area contributed by atoms with Gasteiger partial charge in [0.1, 0.15) is 22.5 Å². The zero-order chi connectivity index (χ0) is 15.7. The Morgan fingerprint density at radius 1 is 1.55 bits per heavy atom. The lowest BCUT2D eigenvalue weighted by Gasteiger charge is -2.16. The molecule has 0 aliphatic carbocycles. The molecule has 2 amide bonds. The lowest BCUT2D eigenvalue weighted by atomic mass is 10.1. The summed E-state index contributed by atoms with van der Waals surface area (Å²) in [4.78, 5) is 18.3. The van der Waals surface area contributed by atoms with E-state index in [-0.39, 0.29) is 11.9 Å². The van der Waals surface area contributed by atoms with Crippen molar-refractivity contribution in [2.45, 2.75) is 26.2 Å². The first-order chi connectivity index (χ1) is 10.6. The molecule has 1 fully saturated rings. The summed E-state index contributed by atoms with van der Waals surface area (Å²) >= 11 is 1.13. The first-order valence-electron chi connectivity index (χ1n) is 6.89. The van der Waals surface area contributed by atoms with Gasteiger partial charge in [-0.1, -0.05) is 0 Å². The Morgan fingerprint density at radius 2 is 2.36 bits per heavy atom. The van der Waals surface area contributed by atoms with Crippen LogP contribution in [0.15, 0.2) is 0 Å². The van der Waals surface area contributed by atoms with Crippen LogP contribution >= 0.6 is 11.5 Å². The average Bonchev–Trinajstić information content (AvgIpc) is 3.19. The zero-order valence-electron chi connectivity index (χ0n) is 12.3. The first kappa shape index (κ1) is 14.5. The fourth-order valence-electron chi connectivity index (χ4n) is 2.46. The molecule has 0 aromatic carbocycles. The van der Waals surface area contributed by atoms with Crippen molar-refractivity contribution in [3.8, 4) is 6.07 Å². The highest BCUT2D eigenvalue weighted by atomic mass is 32.1. The van der Waals surface area contributed by atoms with Crippen molar-refractivity contribution in [2.24, 2.45) is 0 Å². The van der Waals surface area contributed by atoms with Crippen molar-refractivity contribution in [3.05, 3.63) is 22.9 Å². The van der Waals surface area contributed by atoms with Crippen molar-refractivity contribution < 1.29 is 4.79 Å². The van der Waals surface area contributed by atoms with Gasteiger partial charge in [0.05, 0.1) is 5.69 Å². The number of nitriles is 1. The van der Waals surface area contributed by atoms with Crippen LogP contribution in [0, 0.1) is 25.2 Å². The number of hydrogen-bond donors (Lipinski definition) is 2. The van der Waals surface area contributed by atoms with Crippen molar-refractivity contribution in [1.82, 2.24) is 24.5 Å². The van der Waals surface area contributed by atoms with Gasteiger partial charge in [0.2, 0.25) is 0 Å². The number of amides is 2. The second kappa shape index (κ2) is 5.73. The first-order valence-corrected chi connectivity index (χ1v) is 7.67. The standard InChI is InChI=1S/C13H15N7OS/c1-7-10(5-14)12(22-19-7)16-13(21)20-4-3-9(6-20)11-15-8(2)17-18-11/h9H,3-4,6H2,1-2H3,(H,16,21)(H,15,17,18). The Hall–Kier alpha value is -2.47. The van der Waals surface area contributed by atoms with Crippen LogP contribution in [0.5, 0.6) is 0 Å². The van der Waals surface area contributed by atoms with E-state index in [0.29, 0.717) is 29.3 Å². The predicted octanol–water partition coefficient (Wildman–Crippen LogP) is 1.77. The van der Waals surface area contributed by atoms with Crippen molar-refractivity contribution in [3.63, 3.8) is 0 Å². The van der Waals surface area contributed by atoms with Gasteiger partial charge in [-0.3, -0.25) is 10.4 Å². The molecule has 2 aromatic rings. The summed E-state index contributed by atoms with van der Waals surface area (Å²) in [7, 11) is 0. The number of carbonyl (C=O) groups excluding carboxylic acids is 1. The molecule has 2 aromatic heterocycles. The van der Waals surface area contributed by atoms with Gasteiger partial charge in [0.15, 0.2) is 5.82 Å². The molecule has 9 heteroatoms. The second-order valence-corrected chi connectivity index (χ2v) is 6.00. The molecule has 1 unspecified atom stereocenters. The number of aromatic amines is 1. The van der Waals surface area contributed by atoms with Gasteiger partial charge >= 0.3 is 6.03 Å². The molecule has 1 saturated heterocycles. The van der Waals surface area contributed by atoms with Crippen LogP contribution in [-0.2, 0) is 0 Å². The van der Waals surface area contributed by atoms with E-state index in [1.807, 2.05) is 6.92 Å². The quantitative estimate of drug-likeness (QED) is 0.877. The molecule has 0 radical (unpaired) electrons. The number of rotatable bonds is 2. The second-order valence-electron chi connectivity index (χ2n) is 5.22. The monoisotopic (exact) mass is 317 g/mol. The smallest absolute Gasteiger partial charge is 0.322 e. The SMILES string of the molecule is Cc1nc(C2CCN(C(=O)Nc3snc(C)c3C#N)C2)n[nH]1. The molecule has 1 atom stereocenters. The van der Waals surface area contributed by atoms with Crippen LogP contribution < -0.4 is 5.32 Å². The van der Waals surface area contributed by atoms with Crippen LogP contribution in [0.4, 0.5) is 9.80 Å². The van der Waals surface area contributed by atoms with Crippen molar-refractivity contribution in [1.29, 1.82) is 5.26 Å². The van der Waals surface area contributed by atoms with Gasteiger partial charge in [-0.2, -0.15) is 14.7 Å². The fraction of sp³-hybridized carbons (Fsp3) is 0.462. The predicted molar refractivity (Wildman–Crippen MR) is 80.6 cm³/mol. The van der Waals surface area contributed by atoms with Crippen molar-refractivity contribution >= 4 is 22.6 Å². The highest BCUT2D eigenvalue weighted by Crippen LogP contribution is 2.27. The molecule has 0 saturated carbocycles. The van der Waals surface area contributed by atoms with Gasteiger partial charge in [-0.15, -0.1) is 0 Å². The third-order valence-corrected chi connectivity index (χ3v) is 4.50. The molecule has 1 aliphatic rings. The number of nitrogens with zero attached hydrogens (tertiary/aromatic N) is 5. The van der Waals surface area contributed by atoms with Crippen LogP contribution in [0.3, 0.4) is 0 Å². The van der Waals surface area contributed by atoms with E-state index >= 15 is 0 Å². The summed E-state index contributed by atoms with van der Waals surface area (Å²) in [6.07, 6.45) is 0.831. The lowest BCUT2D eigenvalue weighted by molar-refractivity contribution is 0.222. The topological polar surface area (TPSA) is 111 Å². The largest absolute Gasteiger partial charge is 0.324 e. The summed E-state index contributed by atoms with van der Waals surface area (Å²) in [5.41, 5.74) is 1.07. The minimum atomic E-state index is -0.213. The number of nitrogens with one attached hydrogen (secondary N) is 2. The number of aryl methyl sites for hydroxylation is 2. The van der Waals surface area contributed by atoms with E-state index in [1.54, 1.807) is 11.8 Å². The van der Waals surface area contributed by atoms with Crippen LogP contribution in [0.1, 0.15) is 35.2 Å². The Labute approximate surface area is 131 Å². The number of H-pyrrole nitrogens is 1. The van der Waals surface area contributed by atoms with Crippen LogP contribution in [0.25, 0.3) is 0 Å². The molecular formula is C13H15N7OS. The van der Waals surface area contributed by atoms with Gasteiger partial charge in [-0.25, -0.2) is 9.78 Å². The zero-order valence-corrected chi connectivity index (χ0v) is 13.1. The van der Waals surface area contributed by atoms with E-state index < -0.39 is 0 Å². The molecule has 0 spiro atoms. The molecule has 3 heterocycles. The molecular weight excluding hydrogens is 302 g/mol. The van der Waals surface area contributed by atoms with E-state index in [2.05, 4.69) is 30.9 Å². The number of likely N-dealkylation sites (tertiary alicyclic amines) is 1. The van der Waals surface area contributed by atoms with Gasteiger partial charge in [0.25, 0.3) is 0 Å². The molecule has 114 valence electrons. The van der Waals surface area contributed by atoms with E-state index in [0.717, 1.165) is 29.6 Å². The normalized spacial score (nSPS) is 17.5. The molecule has 22 heavy (non-hydrogen) atoms. The number of aromatic nitrogens is 4. The van der Waals surface area contributed by atoms with Gasteiger partial charge < -0.3 is 4.90 Å². The molecule has 1 aliphatic heterocycles. The van der Waals surface area contributed by atoms with Crippen LogP contribution in [-0.4, -0.2) is 43.6 Å². The summed E-state index contributed by atoms with van der Waals surface area (Å²) in [6, 6.07) is 1.85. The van der Waals surface area contributed by atoms with E-state index in [1.165, 1.54) is 0 Å². The lowest BCUT2D eigenvalue weighted by Crippen LogP contribution is -2.32. The maximum atomic E-state index is 12.3. The highest BCUT2D eigenvalue weighted by molar-refractivity contribution is 7.10. The van der Waals surface area contributed by atoms with Gasteiger partial charge in [-0.05, 0) is 31.8 Å². The Bertz CT molecular complexity index is 744. The number of carbonyl (C=O) groups is 1. The average molecular weight is 317 g/mol. The Morgan fingerprint density at radius 3 is 3.05 bits per heavy atom. The maximum absolute atomic E-state index is 12.3. The highest BCUT2D eigenvalue weighted by Gasteiger charge is 2.30. The number of hydrogen-bond acceptors (Lipinski definition) is 6.